The molecule has 0 fully saturated rings. The van der Waals surface area contributed by atoms with Crippen LogP contribution in [0.1, 0.15) is 43.5 Å². The van der Waals surface area contributed by atoms with E-state index in [-0.39, 0.29) is 64.5 Å². The molecule has 0 spiro atoms. The average Bonchev–Trinajstić information content (AvgIpc) is 2.93. The highest BCUT2D eigenvalue weighted by Gasteiger charge is 2.14. The van der Waals surface area contributed by atoms with E-state index in [1.54, 1.807) is 12.1 Å². The summed E-state index contributed by atoms with van der Waals surface area (Å²) in [6.45, 7) is 3.98. The first-order valence-electron chi connectivity index (χ1n) is 12.9. The SMILES string of the molecule is CC(C)Cc1nc2cc(/N=C/c3cc(OC(=O)CCC(N)=O)ccc3O)c(/N=C/c3cc(O)ccc3O)cc2nc1O. The number of aromatic hydroxyl groups is 4. The van der Waals surface area contributed by atoms with Gasteiger partial charge in [-0.1, -0.05) is 13.8 Å². The Bertz CT molecular complexity index is 1720. The van der Waals surface area contributed by atoms with Gasteiger partial charge >= 0.3 is 5.97 Å². The molecule has 3 aromatic carbocycles. The second kappa shape index (κ2) is 12.8. The maximum Gasteiger partial charge on any atom is 0.311 e. The van der Waals surface area contributed by atoms with Crippen LogP contribution in [0.4, 0.5) is 11.4 Å². The number of carbonyl (C=O) groups excluding carboxylic acids is 2. The number of phenolic OH excluding ortho intramolecular Hbond substituents is 3. The first-order chi connectivity index (χ1) is 20.0. The molecule has 1 amide bonds. The molecule has 216 valence electrons. The van der Waals surface area contributed by atoms with Crippen molar-refractivity contribution in [1.29, 1.82) is 0 Å². The smallest absolute Gasteiger partial charge is 0.311 e. The fourth-order valence-corrected chi connectivity index (χ4v) is 3.87. The molecule has 1 aromatic heterocycles. The molecule has 0 saturated heterocycles. The number of aromatic nitrogens is 2. The van der Waals surface area contributed by atoms with E-state index < -0.39 is 11.9 Å². The molecule has 0 unspecified atom stereocenters. The van der Waals surface area contributed by atoms with Gasteiger partial charge in [-0.25, -0.2) is 9.97 Å². The highest BCUT2D eigenvalue weighted by Crippen LogP contribution is 2.34. The Hall–Kier alpha value is -5.52. The lowest BCUT2D eigenvalue weighted by Gasteiger charge is -2.09. The third kappa shape index (κ3) is 7.56. The van der Waals surface area contributed by atoms with Crippen LogP contribution in [0.25, 0.3) is 11.0 Å². The number of carbonyl (C=O) groups is 2. The number of ether oxygens (including phenoxy) is 1. The minimum Gasteiger partial charge on any atom is -0.508 e. The number of nitrogens with two attached hydrogens (primary N) is 1. The molecule has 0 aliphatic heterocycles. The molecule has 4 rings (SSSR count). The van der Waals surface area contributed by atoms with E-state index in [2.05, 4.69) is 20.0 Å². The minimum absolute atomic E-state index is 0.0647. The van der Waals surface area contributed by atoms with Crippen LogP contribution in [0.5, 0.6) is 28.9 Å². The van der Waals surface area contributed by atoms with Gasteiger partial charge in [0.05, 0.1) is 28.8 Å². The van der Waals surface area contributed by atoms with Crippen molar-refractivity contribution in [2.45, 2.75) is 33.1 Å². The van der Waals surface area contributed by atoms with Crippen molar-refractivity contribution in [2.75, 3.05) is 0 Å². The molecule has 12 nitrogen and oxygen atoms in total. The van der Waals surface area contributed by atoms with E-state index in [4.69, 9.17) is 10.5 Å². The Labute approximate surface area is 240 Å². The molecule has 0 atom stereocenters. The third-order valence-electron chi connectivity index (χ3n) is 5.92. The normalized spacial score (nSPS) is 11.6. The average molecular weight is 572 g/mol. The van der Waals surface area contributed by atoms with E-state index >= 15 is 0 Å². The Kier molecular flexibility index (Phi) is 8.96. The molecule has 0 radical (unpaired) electrons. The van der Waals surface area contributed by atoms with Gasteiger partial charge in [-0.15, -0.1) is 0 Å². The zero-order valence-electron chi connectivity index (χ0n) is 22.9. The van der Waals surface area contributed by atoms with Crippen molar-refractivity contribution in [3.8, 4) is 28.9 Å². The van der Waals surface area contributed by atoms with Gasteiger partial charge in [0.2, 0.25) is 11.8 Å². The standard InChI is InChI=1S/C30H29N5O7/c1-16(2)9-25-30(41)35-24-13-22(32-14-17-10-19(36)3-5-26(17)37)21(12-23(24)34-25)33-15-18-11-20(4-6-27(18)38)42-29(40)8-7-28(31)39/h3-6,10-16,36-38H,7-9H2,1-2H3,(H2,31,39)(H,35,41)/b32-14+,33-15+. The van der Waals surface area contributed by atoms with E-state index in [1.165, 1.54) is 48.8 Å². The van der Waals surface area contributed by atoms with E-state index in [9.17, 15) is 30.0 Å². The van der Waals surface area contributed by atoms with Gasteiger partial charge in [0.25, 0.3) is 0 Å². The summed E-state index contributed by atoms with van der Waals surface area (Å²) < 4.78 is 5.23. The summed E-state index contributed by atoms with van der Waals surface area (Å²) in [5.41, 5.74) is 7.33. The van der Waals surface area contributed by atoms with Crippen LogP contribution in [-0.2, 0) is 16.0 Å². The summed E-state index contributed by atoms with van der Waals surface area (Å²) in [6.07, 6.45) is 2.83. The van der Waals surface area contributed by atoms with Crippen LogP contribution in [0.15, 0.2) is 58.5 Å². The largest absolute Gasteiger partial charge is 0.508 e. The summed E-state index contributed by atoms with van der Waals surface area (Å²) in [7, 11) is 0. The molecule has 0 bridgehead atoms. The van der Waals surface area contributed by atoms with E-state index in [0.717, 1.165) is 0 Å². The van der Waals surface area contributed by atoms with Crippen LogP contribution < -0.4 is 10.5 Å². The number of primary amides is 1. The lowest BCUT2D eigenvalue weighted by atomic mass is 10.1. The van der Waals surface area contributed by atoms with Gasteiger partial charge in [-0.05, 0) is 60.9 Å². The Balaban J connectivity index is 1.75. The van der Waals surface area contributed by atoms with Gasteiger partial charge < -0.3 is 30.9 Å². The first kappa shape index (κ1) is 29.5. The summed E-state index contributed by atoms with van der Waals surface area (Å²) in [5.74, 6) is -1.46. The van der Waals surface area contributed by atoms with Gasteiger partial charge in [-0.2, -0.15) is 0 Å². The van der Waals surface area contributed by atoms with E-state index in [1.807, 2.05) is 13.8 Å². The van der Waals surface area contributed by atoms with Crippen LogP contribution in [0.3, 0.4) is 0 Å². The number of benzene rings is 3. The fraction of sp³-hybridized carbons (Fsp3) is 0.200. The Morgan fingerprint density at radius 1 is 0.857 bits per heavy atom. The lowest BCUT2D eigenvalue weighted by Crippen LogP contribution is -2.15. The van der Waals surface area contributed by atoms with Crippen molar-refractivity contribution in [2.24, 2.45) is 21.6 Å². The topological polar surface area (TPSA) is 201 Å². The van der Waals surface area contributed by atoms with Crippen LogP contribution in [0, 0.1) is 5.92 Å². The van der Waals surface area contributed by atoms with Crippen molar-refractivity contribution < 1.29 is 34.8 Å². The van der Waals surface area contributed by atoms with Gasteiger partial charge in [0.15, 0.2) is 0 Å². The number of aliphatic imine (C=N–C) groups is 2. The second-order valence-electron chi connectivity index (χ2n) is 9.84. The number of hydrogen-bond donors (Lipinski definition) is 5. The summed E-state index contributed by atoms with van der Waals surface area (Å²) in [5, 5.41) is 40.8. The Morgan fingerprint density at radius 2 is 1.45 bits per heavy atom. The summed E-state index contributed by atoms with van der Waals surface area (Å²) in [4.78, 5) is 40.7. The predicted octanol–water partition coefficient (Wildman–Crippen LogP) is 4.32. The minimum atomic E-state index is -0.664. The highest BCUT2D eigenvalue weighted by molar-refractivity contribution is 5.94. The van der Waals surface area contributed by atoms with Crippen LogP contribution >= 0.6 is 0 Å². The molecule has 0 aliphatic carbocycles. The number of nitrogens with zero attached hydrogens (tertiary/aromatic N) is 4. The molecule has 0 aliphatic rings. The highest BCUT2D eigenvalue weighted by atomic mass is 16.5. The maximum absolute atomic E-state index is 12.0. The molecule has 12 heteroatoms. The predicted molar refractivity (Wildman–Crippen MR) is 156 cm³/mol. The maximum atomic E-state index is 12.0. The van der Waals surface area contributed by atoms with Gasteiger partial charge in [0, 0.05) is 30.0 Å². The third-order valence-corrected chi connectivity index (χ3v) is 5.92. The quantitative estimate of drug-likeness (QED) is 0.0795. The first-order valence-corrected chi connectivity index (χ1v) is 12.9. The fourth-order valence-electron chi connectivity index (χ4n) is 3.87. The van der Waals surface area contributed by atoms with Crippen LogP contribution in [0.2, 0.25) is 0 Å². The molecule has 4 aromatic rings. The second-order valence-corrected chi connectivity index (χ2v) is 9.84. The van der Waals surface area contributed by atoms with Gasteiger partial charge in [-0.3, -0.25) is 19.6 Å². The molecule has 1 heterocycles. The van der Waals surface area contributed by atoms with Crippen LogP contribution in [-0.4, -0.2) is 54.7 Å². The summed E-state index contributed by atoms with van der Waals surface area (Å²) in [6, 6.07) is 11.3. The van der Waals surface area contributed by atoms with Crippen molar-refractivity contribution in [3.63, 3.8) is 0 Å². The molecule has 0 saturated carbocycles. The Morgan fingerprint density at radius 3 is 2.07 bits per heavy atom. The zero-order chi connectivity index (χ0) is 30.4. The molecular formula is C30H29N5O7. The number of amides is 1. The van der Waals surface area contributed by atoms with Gasteiger partial charge in [0.1, 0.15) is 28.7 Å². The number of rotatable bonds is 10. The number of esters is 1. The van der Waals surface area contributed by atoms with Crippen molar-refractivity contribution >= 4 is 46.7 Å². The monoisotopic (exact) mass is 571 g/mol. The lowest BCUT2D eigenvalue weighted by molar-refractivity contribution is -0.136. The number of hydrogen-bond acceptors (Lipinski definition) is 11. The van der Waals surface area contributed by atoms with Crippen molar-refractivity contribution in [1.82, 2.24) is 9.97 Å². The number of phenols is 3. The van der Waals surface area contributed by atoms with Crippen molar-refractivity contribution in [3.05, 3.63) is 65.4 Å². The molecule has 42 heavy (non-hydrogen) atoms. The number of fused-ring (bicyclic) bond motifs is 1. The molecule has 6 N–H and O–H groups in total. The summed E-state index contributed by atoms with van der Waals surface area (Å²) >= 11 is 0. The van der Waals surface area contributed by atoms with E-state index in [0.29, 0.717) is 28.8 Å². The zero-order valence-corrected chi connectivity index (χ0v) is 22.9. The molecular weight excluding hydrogens is 542 g/mol.